The van der Waals surface area contributed by atoms with Crippen LogP contribution in [-0.2, 0) is 14.3 Å². The first-order valence-electron chi connectivity index (χ1n) is 9.64. The Labute approximate surface area is 164 Å². The van der Waals surface area contributed by atoms with E-state index < -0.39 is 46.1 Å². The van der Waals surface area contributed by atoms with Crippen LogP contribution in [0.1, 0.15) is 33.6 Å². The molecule has 9 atom stereocenters. The first-order chi connectivity index (χ1) is 12.4. The van der Waals surface area contributed by atoms with E-state index in [0.29, 0.717) is 0 Å². The van der Waals surface area contributed by atoms with Crippen LogP contribution in [0.5, 0.6) is 0 Å². The van der Waals surface area contributed by atoms with Gasteiger partial charge in [0.15, 0.2) is 5.79 Å². The number of nitrogens with two attached hydrogens (primary N) is 1. The SMILES string of the molecule is COC(=O)[C@@H](N)CS[C@@]12CO[C@@]3(O)C1C(C)([C@H]1CC(C)(C)C[C@H]1[C@@H]2O)[C@@H]3O. The molecule has 7 nitrogen and oxygen atoms in total. The van der Waals surface area contributed by atoms with Crippen molar-refractivity contribution in [3.05, 3.63) is 0 Å². The number of esters is 1. The van der Waals surface area contributed by atoms with Gasteiger partial charge in [-0.25, -0.2) is 0 Å². The normalized spacial score (nSPS) is 53.3. The number of hydrogen-bond acceptors (Lipinski definition) is 8. The Balaban J connectivity index is 1.70. The summed E-state index contributed by atoms with van der Waals surface area (Å²) in [7, 11) is 1.29. The average molecular weight is 402 g/mol. The Kier molecular flexibility index (Phi) is 4.30. The average Bonchev–Trinajstić information content (AvgIpc) is 3.11. The molecule has 8 heteroatoms. The lowest BCUT2D eigenvalue weighted by atomic mass is 9.41. The molecule has 3 aliphatic carbocycles. The molecule has 154 valence electrons. The highest BCUT2D eigenvalue weighted by molar-refractivity contribution is 8.00. The Bertz CT molecular complexity index is 660. The van der Waals surface area contributed by atoms with Crippen LogP contribution in [0.25, 0.3) is 0 Å². The molecule has 4 fully saturated rings. The fourth-order valence-corrected chi connectivity index (χ4v) is 8.50. The van der Waals surface area contributed by atoms with Gasteiger partial charge < -0.3 is 30.5 Å². The van der Waals surface area contributed by atoms with Crippen LogP contribution in [0.2, 0.25) is 0 Å². The van der Waals surface area contributed by atoms with Gasteiger partial charge in [0.05, 0.1) is 24.6 Å². The second-order valence-corrected chi connectivity index (χ2v) is 11.3. The van der Waals surface area contributed by atoms with Gasteiger partial charge in [-0.05, 0) is 30.1 Å². The van der Waals surface area contributed by atoms with E-state index in [0.717, 1.165) is 12.8 Å². The first-order valence-corrected chi connectivity index (χ1v) is 10.6. The lowest BCUT2D eigenvalue weighted by Gasteiger charge is -2.69. The number of rotatable bonds is 4. The van der Waals surface area contributed by atoms with Gasteiger partial charge in [0.2, 0.25) is 0 Å². The van der Waals surface area contributed by atoms with Crippen LogP contribution in [-0.4, -0.2) is 69.5 Å². The fraction of sp³-hybridized carbons (Fsp3) is 0.947. The van der Waals surface area contributed by atoms with Gasteiger partial charge in [0, 0.05) is 17.1 Å². The number of aliphatic hydroxyl groups excluding tert-OH is 2. The first kappa shape index (κ1) is 19.9. The molecule has 1 heterocycles. The summed E-state index contributed by atoms with van der Waals surface area (Å²) in [5.74, 6) is -2.17. The molecule has 0 aromatic heterocycles. The second kappa shape index (κ2) is 5.83. The van der Waals surface area contributed by atoms with Gasteiger partial charge in [0.1, 0.15) is 12.1 Å². The number of ether oxygens (including phenoxy) is 2. The third-order valence-corrected chi connectivity index (χ3v) is 9.51. The number of hydrogen-bond donors (Lipinski definition) is 4. The quantitative estimate of drug-likeness (QED) is 0.489. The maximum Gasteiger partial charge on any atom is 0.323 e. The van der Waals surface area contributed by atoms with Crippen molar-refractivity contribution in [2.24, 2.45) is 34.3 Å². The molecular weight excluding hydrogens is 370 g/mol. The van der Waals surface area contributed by atoms with Crippen LogP contribution in [0.3, 0.4) is 0 Å². The highest BCUT2D eigenvalue weighted by Gasteiger charge is 2.85. The molecule has 0 bridgehead atoms. The zero-order valence-electron chi connectivity index (χ0n) is 16.3. The number of aliphatic hydroxyl groups is 3. The van der Waals surface area contributed by atoms with Crippen molar-refractivity contribution < 1.29 is 29.6 Å². The lowest BCUT2D eigenvalue weighted by Crippen LogP contribution is -2.81. The number of methoxy groups -OCH3 is 1. The Morgan fingerprint density at radius 3 is 2.63 bits per heavy atom. The van der Waals surface area contributed by atoms with Crippen LogP contribution >= 0.6 is 11.8 Å². The number of carbonyl (C=O) groups is 1. The second-order valence-electron chi connectivity index (χ2n) is 9.93. The minimum Gasteiger partial charge on any atom is -0.468 e. The maximum absolute atomic E-state index is 11.7. The maximum atomic E-state index is 11.7. The van der Waals surface area contributed by atoms with Crippen LogP contribution < -0.4 is 5.73 Å². The summed E-state index contributed by atoms with van der Waals surface area (Å²) in [6, 6.07) is -0.815. The summed E-state index contributed by atoms with van der Waals surface area (Å²) in [5, 5.41) is 33.4. The Hall–Kier alpha value is -0.380. The molecule has 0 aromatic rings. The summed E-state index contributed by atoms with van der Waals surface area (Å²) in [6.07, 6.45) is 0.0777. The Morgan fingerprint density at radius 1 is 1.33 bits per heavy atom. The number of thioether (sulfide) groups is 1. The fourth-order valence-electron chi connectivity index (χ4n) is 6.79. The third kappa shape index (κ3) is 2.31. The molecule has 1 aliphatic heterocycles. The van der Waals surface area contributed by atoms with Gasteiger partial charge in [-0.2, -0.15) is 0 Å². The van der Waals surface area contributed by atoms with Gasteiger partial charge in [-0.15, -0.1) is 11.8 Å². The molecule has 3 saturated carbocycles. The molecule has 4 rings (SSSR count). The van der Waals surface area contributed by atoms with Gasteiger partial charge in [-0.3, -0.25) is 4.79 Å². The van der Waals surface area contributed by atoms with Gasteiger partial charge >= 0.3 is 5.97 Å². The van der Waals surface area contributed by atoms with Crippen molar-refractivity contribution in [3.63, 3.8) is 0 Å². The van der Waals surface area contributed by atoms with Crippen molar-refractivity contribution >= 4 is 17.7 Å². The van der Waals surface area contributed by atoms with Gasteiger partial charge in [-0.1, -0.05) is 20.8 Å². The van der Waals surface area contributed by atoms with Crippen molar-refractivity contribution in [1.82, 2.24) is 0 Å². The summed E-state index contributed by atoms with van der Waals surface area (Å²) in [5.41, 5.74) is 5.46. The lowest BCUT2D eigenvalue weighted by molar-refractivity contribution is -0.385. The largest absolute Gasteiger partial charge is 0.468 e. The molecule has 0 amide bonds. The molecule has 27 heavy (non-hydrogen) atoms. The third-order valence-electron chi connectivity index (χ3n) is 7.85. The zero-order valence-corrected chi connectivity index (χ0v) is 17.2. The minimum atomic E-state index is -1.64. The molecule has 4 aliphatic rings. The van der Waals surface area contributed by atoms with E-state index in [4.69, 9.17) is 15.2 Å². The monoisotopic (exact) mass is 401 g/mol. The highest BCUT2D eigenvalue weighted by atomic mass is 32.2. The predicted molar refractivity (Wildman–Crippen MR) is 99.7 cm³/mol. The number of carbonyl (C=O) groups excluding carboxylic acids is 1. The molecule has 0 radical (unpaired) electrons. The van der Waals surface area contributed by atoms with E-state index in [-0.39, 0.29) is 29.6 Å². The van der Waals surface area contributed by atoms with Crippen molar-refractivity contribution in [3.8, 4) is 0 Å². The molecule has 1 saturated heterocycles. The topological polar surface area (TPSA) is 122 Å². The minimum absolute atomic E-state index is 0.0176. The zero-order chi connectivity index (χ0) is 20.0. The van der Waals surface area contributed by atoms with Crippen LogP contribution in [0.15, 0.2) is 0 Å². The molecule has 0 spiro atoms. The smallest absolute Gasteiger partial charge is 0.323 e. The van der Waals surface area contributed by atoms with Crippen LogP contribution in [0, 0.1) is 28.6 Å². The summed E-state index contributed by atoms with van der Waals surface area (Å²) in [4.78, 5) is 11.7. The van der Waals surface area contributed by atoms with E-state index in [1.54, 1.807) is 0 Å². The molecule has 5 N–H and O–H groups in total. The predicted octanol–water partition coefficient (Wildman–Crippen LogP) is 0.101. The number of fused-ring (bicyclic) bond motifs is 2. The molecule has 0 aromatic carbocycles. The van der Waals surface area contributed by atoms with Crippen molar-refractivity contribution in [2.45, 2.75) is 62.4 Å². The van der Waals surface area contributed by atoms with E-state index in [1.165, 1.54) is 18.9 Å². The van der Waals surface area contributed by atoms with Gasteiger partial charge in [0.25, 0.3) is 0 Å². The molecular formula is C19H31NO6S. The van der Waals surface area contributed by atoms with E-state index in [2.05, 4.69) is 13.8 Å². The van der Waals surface area contributed by atoms with Crippen molar-refractivity contribution in [1.29, 1.82) is 0 Å². The van der Waals surface area contributed by atoms with E-state index in [9.17, 15) is 20.1 Å². The van der Waals surface area contributed by atoms with E-state index >= 15 is 0 Å². The summed E-state index contributed by atoms with van der Waals surface area (Å²) >= 11 is 1.39. The van der Waals surface area contributed by atoms with Crippen LogP contribution in [0.4, 0.5) is 0 Å². The standard InChI is InChI=1S/C19H31NO6S/c1-16(2)5-9-10(6-16)17(3)14-18(12(9)21,8-26-19(14,24)15(17)23)27-7-11(20)13(22)25-4/h9-12,14-15,21,23-24H,5-8,20H2,1-4H3/t9-,10+,11+,12+,14?,15+,17?,18-,19+/m1/s1. The summed E-state index contributed by atoms with van der Waals surface area (Å²) < 4.78 is 9.62. The Morgan fingerprint density at radius 2 is 2.00 bits per heavy atom. The van der Waals surface area contributed by atoms with E-state index in [1.807, 2.05) is 6.92 Å². The molecule has 2 unspecified atom stereocenters. The summed E-state index contributed by atoms with van der Waals surface area (Å²) in [6.45, 7) is 6.53. The highest BCUT2D eigenvalue weighted by Crippen LogP contribution is 2.76. The van der Waals surface area contributed by atoms with Crippen molar-refractivity contribution in [2.75, 3.05) is 19.5 Å².